The number of benzene rings is 3. The lowest BCUT2D eigenvalue weighted by molar-refractivity contribution is -0.00000883. The minimum atomic E-state index is -0.268. The highest BCUT2D eigenvalue weighted by atomic mass is 35.5. The van der Waals surface area contributed by atoms with Crippen molar-refractivity contribution in [2.75, 3.05) is 47.5 Å². The average molecular weight is 504 g/mol. The van der Waals surface area contributed by atoms with Gasteiger partial charge in [0.15, 0.2) is 11.5 Å². The molecular formula is C27H30ClF2N2O3-. The number of piperazine rings is 1. The molecule has 0 spiro atoms. The third kappa shape index (κ3) is 6.04. The molecule has 188 valence electrons. The Kier molecular flexibility index (Phi) is 9.32. The van der Waals surface area contributed by atoms with Crippen LogP contribution in [0.5, 0.6) is 17.2 Å². The molecule has 0 bridgehead atoms. The summed E-state index contributed by atoms with van der Waals surface area (Å²) in [7, 11) is 4.84. The van der Waals surface area contributed by atoms with Gasteiger partial charge in [0.2, 0.25) is 5.75 Å². The maximum absolute atomic E-state index is 13.6. The van der Waals surface area contributed by atoms with Crippen LogP contribution in [0.15, 0.2) is 60.7 Å². The molecule has 0 radical (unpaired) electrons. The van der Waals surface area contributed by atoms with E-state index in [1.165, 1.54) is 24.3 Å². The van der Waals surface area contributed by atoms with E-state index in [0.717, 1.165) is 49.4 Å². The first-order chi connectivity index (χ1) is 16.5. The fourth-order valence-corrected chi connectivity index (χ4v) is 4.61. The predicted octanol–water partition coefficient (Wildman–Crippen LogP) is 1.90. The van der Waals surface area contributed by atoms with Crippen LogP contribution in [0.4, 0.5) is 8.78 Å². The Morgan fingerprint density at radius 2 is 1.20 bits per heavy atom. The van der Waals surface area contributed by atoms with E-state index in [1.807, 2.05) is 36.4 Å². The standard InChI is InChI=1S/C27H30F2N2O3.ClH/c1-32-24-13-8-21(26(33-2)27(24)34-3)18-30-14-16-31(17-15-30)25(19-4-9-22(28)10-5-19)20-6-11-23(29)12-7-20;/h4-13,25H,14-18H2,1-3H3;1H/p-1. The number of methoxy groups -OCH3 is 3. The van der Waals surface area contributed by atoms with Crippen LogP contribution in [0.2, 0.25) is 0 Å². The Labute approximate surface area is 211 Å². The summed E-state index contributed by atoms with van der Waals surface area (Å²) in [5.74, 6) is 1.37. The van der Waals surface area contributed by atoms with Crippen LogP contribution < -0.4 is 26.6 Å². The normalized spacial score (nSPS) is 14.5. The molecule has 8 heteroatoms. The van der Waals surface area contributed by atoms with E-state index in [-0.39, 0.29) is 30.1 Å². The minimum absolute atomic E-state index is 0. The lowest BCUT2D eigenvalue weighted by Gasteiger charge is -2.40. The molecule has 0 aromatic heterocycles. The summed E-state index contributed by atoms with van der Waals surface area (Å²) >= 11 is 0. The molecule has 3 aromatic rings. The van der Waals surface area contributed by atoms with Crippen molar-refractivity contribution in [3.63, 3.8) is 0 Å². The molecule has 0 atom stereocenters. The van der Waals surface area contributed by atoms with Crippen molar-refractivity contribution < 1.29 is 35.4 Å². The molecule has 5 nitrogen and oxygen atoms in total. The van der Waals surface area contributed by atoms with E-state index in [0.29, 0.717) is 17.2 Å². The van der Waals surface area contributed by atoms with E-state index in [2.05, 4.69) is 9.80 Å². The fourth-order valence-electron chi connectivity index (χ4n) is 4.61. The van der Waals surface area contributed by atoms with E-state index in [1.54, 1.807) is 21.3 Å². The van der Waals surface area contributed by atoms with Crippen molar-refractivity contribution in [2.24, 2.45) is 0 Å². The second kappa shape index (κ2) is 12.2. The largest absolute Gasteiger partial charge is 1.00 e. The van der Waals surface area contributed by atoms with Gasteiger partial charge in [-0.15, -0.1) is 0 Å². The Morgan fingerprint density at radius 3 is 1.66 bits per heavy atom. The SMILES string of the molecule is COc1ccc(CN2CCN(C(c3ccc(F)cc3)c3ccc(F)cc3)CC2)c(OC)c1OC.[Cl-]. The molecular weight excluding hydrogens is 474 g/mol. The van der Waals surface area contributed by atoms with Gasteiger partial charge in [0.05, 0.1) is 27.4 Å². The molecule has 0 aliphatic carbocycles. The van der Waals surface area contributed by atoms with Crippen molar-refractivity contribution in [3.05, 3.63) is 89.0 Å². The van der Waals surface area contributed by atoms with Gasteiger partial charge in [0.1, 0.15) is 11.6 Å². The van der Waals surface area contributed by atoms with E-state index in [9.17, 15) is 8.78 Å². The average Bonchev–Trinajstić information content (AvgIpc) is 2.87. The van der Waals surface area contributed by atoms with Gasteiger partial charge in [0.25, 0.3) is 0 Å². The molecule has 1 fully saturated rings. The monoisotopic (exact) mass is 503 g/mol. The first kappa shape index (κ1) is 26.7. The van der Waals surface area contributed by atoms with Gasteiger partial charge in [-0.05, 0) is 41.5 Å². The van der Waals surface area contributed by atoms with E-state index >= 15 is 0 Å². The molecule has 4 rings (SSSR count). The van der Waals surface area contributed by atoms with Crippen LogP contribution in [0, 0.1) is 11.6 Å². The van der Waals surface area contributed by atoms with Gasteiger partial charge in [-0.25, -0.2) is 8.78 Å². The van der Waals surface area contributed by atoms with Crippen molar-refractivity contribution in [1.29, 1.82) is 0 Å². The predicted molar refractivity (Wildman–Crippen MR) is 128 cm³/mol. The second-order valence-electron chi connectivity index (χ2n) is 8.31. The van der Waals surface area contributed by atoms with Crippen LogP contribution >= 0.6 is 0 Å². The number of nitrogens with zero attached hydrogens (tertiary/aromatic N) is 2. The van der Waals surface area contributed by atoms with Crippen molar-refractivity contribution >= 4 is 0 Å². The number of hydrogen-bond acceptors (Lipinski definition) is 5. The highest BCUT2D eigenvalue weighted by molar-refractivity contribution is 5.55. The Balaban J connectivity index is 0.00000342. The van der Waals surface area contributed by atoms with Gasteiger partial charge in [0, 0.05) is 38.3 Å². The smallest absolute Gasteiger partial charge is 0.203 e. The quantitative estimate of drug-likeness (QED) is 0.469. The summed E-state index contributed by atoms with van der Waals surface area (Å²) in [5, 5.41) is 0. The number of ether oxygens (including phenoxy) is 3. The Morgan fingerprint density at radius 1 is 0.686 bits per heavy atom. The third-order valence-electron chi connectivity index (χ3n) is 6.32. The van der Waals surface area contributed by atoms with E-state index in [4.69, 9.17) is 14.2 Å². The fraction of sp³-hybridized carbons (Fsp3) is 0.333. The molecule has 1 aliphatic rings. The van der Waals surface area contributed by atoms with Gasteiger partial charge in [-0.2, -0.15) is 0 Å². The first-order valence-electron chi connectivity index (χ1n) is 11.3. The molecule has 3 aromatic carbocycles. The highest BCUT2D eigenvalue weighted by Gasteiger charge is 2.27. The van der Waals surface area contributed by atoms with Gasteiger partial charge in [-0.1, -0.05) is 30.3 Å². The summed E-state index contributed by atoms with van der Waals surface area (Å²) < 4.78 is 43.7. The molecule has 1 saturated heterocycles. The van der Waals surface area contributed by atoms with Crippen molar-refractivity contribution in [1.82, 2.24) is 9.80 Å². The lowest BCUT2D eigenvalue weighted by Crippen LogP contribution is -3.00. The van der Waals surface area contributed by atoms with Crippen molar-refractivity contribution in [3.8, 4) is 17.2 Å². The maximum Gasteiger partial charge on any atom is 0.203 e. The second-order valence-corrected chi connectivity index (χ2v) is 8.31. The lowest BCUT2D eigenvalue weighted by atomic mass is 9.96. The number of hydrogen-bond donors (Lipinski definition) is 0. The molecule has 0 saturated carbocycles. The Bertz CT molecular complexity index is 1040. The van der Waals surface area contributed by atoms with Crippen LogP contribution in [0.1, 0.15) is 22.7 Å². The summed E-state index contributed by atoms with van der Waals surface area (Å²) in [5.41, 5.74) is 3.01. The van der Waals surface area contributed by atoms with Crippen LogP contribution in [0.3, 0.4) is 0 Å². The number of halogens is 3. The highest BCUT2D eigenvalue weighted by Crippen LogP contribution is 2.40. The summed E-state index contributed by atoms with van der Waals surface area (Å²) in [4.78, 5) is 4.73. The maximum atomic E-state index is 13.6. The zero-order valence-corrected chi connectivity index (χ0v) is 20.9. The van der Waals surface area contributed by atoms with Gasteiger partial charge >= 0.3 is 0 Å². The number of rotatable bonds is 8. The first-order valence-corrected chi connectivity index (χ1v) is 11.3. The van der Waals surface area contributed by atoms with Crippen molar-refractivity contribution in [2.45, 2.75) is 12.6 Å². The zero-order chi connectivity index (χ0) is 24.1. The molecule has 0 unspecified atom stereocenters. The van der Waals surface area contributed by atoms with Gasteiger partial charge < -0.3 is 26.6 Å². The summed E-state index contributed by atoms with van der Waals surface area (Å²) in [6, 6.07) is 17.0. The molecule has 35 heavy (non-hydrogen) atoms. The summed E-state index contributed by atoms with van der Waals surface area (Å²) in [6.45, 7) is 4.03. The van der Waals surface area contributed by atoms with Crippen LogP contribution in [0.25, 0.3) is 0 Å². The molecule has 0 N–H and O–H groups in total. The third-order valence-corrected chi connectivity index (χ3v) is 6.32. The summed E-state index contributed by atoms with van der Waals surface area (Å²) in [6.07, 6.45) is 0. The molecule has 0 amide bonds. The minimum Gasteiger partial charge on any atom is -1.00 e. The van der Waals surface area contributed by atoms with Crippen LogP contribution in [-0.4, -0.2) is 57.3 Å². The Hall–Kier alpha value is -2.87. The van der Waals surface area contributed by atoms with Crippen LogP contribution in [-0.2, 0) is 6.54 Å². The van der Waals surface area contributed by atoms with Gasteiger partial charge in [-0.3, -0.25) is 9.80 Å². The molecule has 1 heterocycles. The van der Waals surface area contributed by atoms with E-state index < -0.39 is 0 Å². The topological polar surface area (TPSA) is 34.2 Å². The molecule has 1 aliphatic heterocycles. The zero-order valence-electron chi connectivity index (χ0n) is 20.1.